The molecule has 116 valence electrons. The predicted molar refractivity (Wildman–Crippen MR) is 93.1 cm³/mol. The molecule has 0 saturated carbocycles. The fourth-order valence-corrected chi connectivity index (χ4v) is 3.94. The minimum absolute atomic E-state index is 0.0983. The van der Waals surface area contributed by atoms with E-state index in [-0.39, 0.29) is 5.91 Å². The smallest absolute Gasteiger partial charge is 0.257 e. The van der Waals surface area contributed by atoms with Gasteiger partial charge in [0.1, 0.15) is 0 Å². The van der Waals surface area contributed by atoms with Crippen LogP contribution in [-0.2, 0) is 0 Å². The maximum Gasteiger partial charge on any atom is 0.257 e. The van der Waals surface area contributed by atoms with Crippen molar-refractivity contribution in [2.45, 2.75) is 23.7 Å². The van der Waals surface area contributed by atoms with E-state index in [9.17, 15) is 4.79 Å². The lowest BCUT2D eigenvalue weighted by Crippen LogP contribution is -2.26. The van der Waals surface area contributed by atoms with Gasteiger partial charge in [0.25, 0.3) is 5.91 Å². The SMILES string of the molecule is CSc1ccc(C(=O)Nc2ncc(C3CCNCC3)s2)cc1. The van der Waals surface area contributed by atoms with Crippen molar-refractivity contribution in [2.24, 2.45) is 0 Å². The first-order chi connectivity index (χ1) is 10.8. The zero-order valence-corrected chi connectivity index (χ0v) is 14.1. The largest absolute Gasteiger partial charge is 0.317 e. The lowest BCUT2D eigenvalue weighted by molar-refractivity contribution is 0.102. The number of anilines is 1. The van der Waals surface area contributed by atoms with Crippen molar-refractivity contribution in [2.75, 3.05) is 24.7 Å². The molecule has 1 saturated heterocycles. The van der Waals surface area contributed by atoms with Crippen molar-refractivity contribution in [1.29, 1.82) is 0 Å². The number of aromatic nitrogens is 1. The Morgan fingerprint density at radius 2 is 2.05 bits per heavy atom. The van der Waals surface area contributed by atoms with Crippen LogP contribution in [0.25, 0.3) is 0 Å². The molecule has 0 bridgehead atoms. The van der Waals surface area contributed by atoms with Crippen LogP contribution < -0.4 is 10.6 Å². The molecule has 2 N–H and O–H groups in total. The molecule has 1 aliphatic rings. The molecule has 1 fully saturated rings. The number of amides is 1. The van der Waals surface area contributed by atoms with Crippen molar-refractivity contribution in [3.05, 3.63) is 40.9 Å². The number of thioether (sulfide) groups is 1. The normalized spacial score (nSPS) is 15.7. The van der Waals surface area contributed by atoms with E-state index in [0.29, 0.717) is 16.6 Å². The quantitative estimate of drug-likeness (QED) is 0.840. The second-order valence-corrected chi connectivity index (χ2v) is 7.22. The van der Waals surface area contributed by atoms with Gasteiger partial charge in [-0.15, -0.1) is 23.1 Å². The molecule has 2 heterocycles. The topological polar surface area (TPSA) is 54.0 Å². The summed E-state index contributed by atoms with van der Waals surface area (Å²) in [4.78, 5) is 19.0. The van der Waals surface area contributed by atoms with Crippen LogP contribution in [0, 0.1) is 0 Å². The second kappa shape index (κ2) is 7.26. The molecule has 0 atom stereocenters. The van der Waals surface area contributed by atoms with E-state index >= 15 is 0 Å². The number of nitrogens with zero attached hydrogens (tertiary/aromatic N) is 1. The van der Waals surface area contributed by atoms with Crippen LogP contribution in [0.5, 0.6) is 0 Å². The summed E-state index contributed by atoms with van der Waals surface area (Å²) in [5, 5.41) is 6.96. The molecule has 0 radical (unpaired) electrons. The Balaban J connectivity index is 1.64. The van der Waals surface area contributed by atoms with E-state index in [0.717, 1.165) is 30.8 Å². The van der Waals surface area contributed by atoms with Gasteiger partial charge in [-0.2, -0.15) is 0 Å². The second-order valence-electron chi connectivity index (χ2n) is 5.27. The number of carbonyl (C=O) groups excluding carboxylic acids is 1. The van der Waals surface area contributed by atoms with Crippen molar-refractivity contribution in [1.82, 2.24) is 10.3 Å². The van der Waals surface area contributed by atoms with Crippen molar-refractivity contribution >= 4 is 34.1 Å². The lowest BCUT2D eigenvalue weighted by Gasteiger charge is -2.20. The standard InChI is InChI=1S/C16H19N3OS2/c1-21-13-4-2-12(3-5-13)15(20)19-16-18-10-14(22-16)11-6-8-17-9-7-11/h2-5,10-11,17H,6-9H2,1H3,(H,18,19,20). The summed E-state index contributed by atoms with van der Waals surface area (Å²) >= 11 is 3.26. The van der Waals surface area contributed by atoms with Crippen molar-refractivity contribution < 1.29 is 4.79 Å². The van der Waals surface area contributed by atoms with Gasteiger partial charge in [-0.1, -0.05) is 0 Å². The van der Waals surface area contributed by atoms with Gasteiger partial charge in [0.2, 0.25) is 0 Å². The molecular formula is C16H19N3OS2. The third kappa shape index (κ3) is 3.69. The summed E-state index contributed by atoms with van der Waals surface area (Å²) in [7, 11) is 0. The molecule has 0 aliphatic carbocycles. The summed E-state index contributed by atoms with van der Waals surface area (Å²) in [5.41, 5.74) is 0.663. The van der Waals surface area contributed by atoms with E-state index in [2.05, 4.69) is 15.6 Å². The average Bonchev–Trinajstić information content (AvgIpc) is 3.04. The molecule has 3 rings (SSSR count). The zero-order valence-electron chi connectivity index (χ0n) is 12.5. The van der Waals surface area contributed by atoms with E-state index < -0.39 is 0 Å². The minimum Gasteiger partial charge on any atom is -0.317 e. The fraction of sp³-hybridized carbons (Fsp3) is 0.375. The molecule has 0 unspecified atom stereocenters. The summed E-state index contributed by atoms with van der Waals surface area (Å²) in [6.45, 7) is 2.12. The Kier molecular flexibility index (Phi) is 5.12. The summed E-state index contributed by atoms with van der Waals surface area (Å²) < 4.78 is 0. The van der Waals surface area contributed by atoms with Gasteiger partial charge in [0.05, 0.1) is 0 Å². The van der Waals surface area contributed by atoms with Crippen LogP contribution in [0.2, 0.25) is 0 Å². The van der Waals surface area contributed by atoms with Gasteiger partial charge in [0.15, 0.2) is 5.13 Å². The number of nitrogens with one attached hydrogen (secondary N) is 2. The Labute approximate surface area is 138 Å². The van der Waals surface area contributed by atoms with Crippen LogP contribution in [0.1, 0.15) is 34.0 Å². The number of rotatable bonds is 4. The Hall–Kier alpha value is -1.37. The van der Waals surface area contributed by atoms with Gasteiger partial charge >= 0.3 is 0 Å². The highest BCUT2D eigenvalue weighted by atomic mass is 32.2. The molecule has 6 heteroatoms. The first-order valence-electron chi connectivity index (χ1n) is 7.38. The van der Waals surface area contributed by atoms with Crippen molar-refractivity contribution in [3.8, 4) is 0 Å². The molecule has 4 nitrogen and oxygen atoms in total. The van der Waals surface area contributed by atoms with Gasteiger partial charge in [-0.05, 0) is 62.4 Å². The summed E-state index contributed by atoms with van der Waals surface area (Å²) in [5.74, 6) is 0.476. The number of piperidine rings is 1. The van der Waals surface area contributed by atoms with E-state index in [1.807, 2.05) is 36.7 Å². The van der Waals surface area contributed by atoms with Crippen LogP contribution in [0.3, 0.4) is 0 Å². The van der Waals surface area contributed by atoms with Gasteiger partial charge < -0.3 is 5.32 Å². The molecule has 0 spiro atoms. The minimum atomic E-state index is -0.0983. The highest BCUT2D eigenvalue weighted by molar-refractivity contribution is 7.98. The van der Waals surface area contributed by atoms with E-state index in [1.54, 1.807) is 23.1 Å². The first kappa shape index (κ1) is 15.5. The average molecular weight is 333 g/mol. The molecule has 2 aromatic rings. The Bertz CT molecular complexity index is 633. The number of hydrogen-bond donors (Lipinski definition) is 2. The van der Waals surface area contributed by atoms with Crippen LogP contribution in [-0.4, -0.2) is 30.2 Å². The summed E-state index contributed by atoms with van der Waals surface area (Å²) in [6, 6.07) is 7.62. The van der Waals surface area contributed by atoms with Crippen LogP contribution >= 0.6 is 23.1 Å². The van der Waals surface area contributed by atoms with Crippen molar-refractivity contribution in [3.63, 3.8) is 0 Å². The molecule has 22 heavy (non-hydrogen) atoms. The predicted octanol–water partition coefficient (Wildman–Crippen LogP) is 3.58. The molecule has 1 aromatic heterocycles. The van der Waals surface area contributed by atoms with Gasteiger partial charge in [-0.3, -0.25) is 10.1 Å². The van der Waals surface area contributed by atoms with Gasteiger partial charge in [0, 0.05) is 21.5 Å². The fourth-order valence-electron chi connectivity index (χ4n) is 2.55. The molecule has 1 amide bonds. The third-order valence-corrected chi connectivity index (χ3v) is 5.66. The van der Waals surface area contributed by atoms with Gasteiger partial charge in [-0.25, -0.2) is 4.98 Å². The lowest BCUT2D eigenvalue weighted by atomic mass is 9.97. The maximum atomic E-state index is 12.2. The van der Waals surface area contributed by atoms with E-state index in [4.69, 9.17) is 0 Å². The summed E-state index contributed by atoms with van der Waals surface area (Å²) in [6.07, 6.45) is 6.22. The number of hydrogen-bond acceptors (Lipinski definition) is 5. The number of carbonyl (C=O) groups is 1. The third-order valence-electron chi connectivity index (χ3n) is 3.84. The zero-order chi connectivity index (χ0) is 15.4. The molecular weight excluding hydrogens is 314 g/mol. The van der Waals surface area contributed by atoms with Crippen LogP contribution in [0.4, 0.5) is 5.13 Å². The Morgan fingerprint density at radius 3 is 2.73 bits per heavy atom. The first-order valence-corrected chi connectivity index (χ1v) is 9.42. The number of benzene rings is 1. The maximum absolute atomic E-state index is 12.2. The highest BCUT2D eigenvalue weighted by Gasteiger charge is 2.18. The van der Waals surface area contributed by atoms with Crippen LogP contribution in [0.15, 0.2) is 35.4 Å². The Morgan fingerprint density at radius 1 is 1.32 bits per heavy atom. The monoisotopic (exact) mass is 333 g/mol. The molecule has 1 aliphatic heterocycles. The molecule has 1 aromatic carbocycles. The van der Waals surface area contributed by atoms with E-state index in [1.165, 1.54) is 4.88 Å². The number of thiazole rings is 1. The highest BCUT2D eigenvalue weighted by Crippen LogP contribution is 2.31.